The van der Waals surface area contributed by atoms with Crippen molar-refractivity contribution in [3.63, 3.8) is 0 Å². The zero-order valence-electron chi connectivity index (χ0n) is 15.2. The van der Waals surface area contributed by atoms with E-state index in [0.29, 0.717) is 13.2 Å². The van der Waals surface area contributed by atoms with Crippen LogP contribution in [0.4, 0.5) is 5.69 Å². The number of rotatable bonds is 6. The summed E-state index contributed by atoms with van der Waals surface area (Å²) in [5.41, 5.74) is 5.94. The zero-order chi connectivity index (χ0) is 17.9. The van der Waals surface area contributed by atoms with Crippen LogP contribution < -0.4 is 10.1 Å². The van der Waals surface area contributed by atoms with Crippen LogP contribution in [0.2, 0.25) is 0 Å². The third kappa shape index (κ3) is 3.42. The molecule has 0 amide bonds. The van der Waals surface area contributed by atoms with Gasteiger partial charge in [-0.05, 0) is 56.4 Å². The molecular formula is C22H26N2O2. The predicted octanol–water partition coefficient (Wildman–Crippen LogP) is 4.59. The highest BCUT2D eigenvalue weighted by Crippen LogP contribution is 2.31. The molecule has 1 atom stereocenters. The van der Waals surface area contributed by atoms with Crippen LogP contribution in [-0.4, -0.2) is 23.2 Å². The minimum absolute atomic E-state index is 0.485. The average Bonchev–Trinajstić information content (AvgIpc) is 3.03. The van der Waals surface area contributed by atoms with E-state index in [1.807, 2.05) is 24.3 Å². The average molecular weight is 350 g/mol. The van der Waals surface area contributed by atoms with E-state index >= 15 is 0 Å². The predicted molar refractivity (Wildman–Crippen MR) is 106 cm³/mol. The van der Waals surface area contributed by atoms with Crippen molar-refractivity contribution in [2.45, 2.75) is 38.7 Å². The SMILES string of the molecule is CC(O)c1ccccc1NCCOc1ccc2c3c([nH]c2c1)CCCC3. The molecule has 4 rings (SSSR count). The van der Waals surface area contributed by atoms with Crippen molar-refractivity contribution in [3.8, 4) is 5.75 Å². The molecule has 0 bridgehead atoms. The smallest absolute Gasteiger partial charge is 0.121 e. The summed E-state index contributed by atoms with van der Waals surface area (Å²) in [5.74, 6) is 0.890. The van der Waals surface area contributed by atoms with E-state index in [-0.39, 0.29) is 0 Å². The van der Waals surface area contributed by atoms with E-state index in [2.05, 4.69) is 28.5 Å². The quantitative estimate of drug-likeness (QED) is 0.570. The normalized spacial score (nSPS) is 14.8. The Labute approximate surface area is 154 Å². The van der Waals surface area contributed by atoms with Crippen LogP contribution in [0.1, 0.15) is 42.7 Å². The van der Waals surface area contributed by atoms with Crippen molar-refractivity contribution in [3.05, 3.63) is 59.3 Å². The Morgan fingerprint density at radius 2 is 2.00 bits per heavy atom. The second-order valence-electron chi connectivity index (χ2n) is 7.04. The fraction of sp³-hybridized carbons (Fsp3) is 0.364. The maximum Gasteiger partial charge on any atom is 0.121 e. The molecule has 0 fully saturated rings. The van der Waals surface area contributed by atoms with E-state index in [9.17, 15) is 5.11 Å². The lowest BCUT2D eigenvalue weighted by Crippen LogP contribution is -2.13. The van der Waals surface area contributed by atoms with Crippen molar-refractivity contribution in [1.82, 2.24) is 4.98 Å². The highest BCUT2D eigenvalue weighted by atomic mass is 16.5. The Bertz CT molecular complexity index is 898. The summed E-state index contributed by atoms with van der Waals surface area (Å²) in [4.78, 5) is 3.57. The number of anilines is 1. The van der Waals surface area contributed by atoms with Crippen LogP contribution in [0.5, 0.6) is 5.75 Å². The van der Waals surface area contributed by atoms with Gasteiger partial charge >= 0.3 is 0 Å². The summed E-state index contributed by atoms with van der Waals surface area (Å²) in [6.07, 6.45) is 4.43. The molecule has 3 N–H and O–H groups in total. The Morgan fingerprint density at radius 3 is 2.88 bits per heavy atom. The van der Waals surface area contributed by atoms with Gasteiger partial charge in [-0.25, -0.2) is 0 Å². The molecule has 26 heavy (non-hydrogen) atoms. The number of aromatic amines is 1. The number of nitrogens with one attached hydrogen (secondary N) is 2. The first-order valence-corrected chi connectivity index (χ1v) is 9.49. The third-order valence-electron chi connectivity index (χ3n) is 5.17. The maximum absolute atomic E-state index is 9.83. The standard InChI is InChI=1S/C22H26N2O2/c1-15(25)17-6-2-4-8-20(17)23-12-13-26-16-10-11-19-18-7-3-5-9-21(18)24-22(19)14-16/h2,4,6,8,10-11,14-15,23-25H,3,5,7,9,12-13H2,1H3. The van der Waals surface area contributed by atoms with Gasteiger partial charge in [-0.3, -0.25) is 0 Å². The van der Waals surface area contributed by atoms with E-state index in [1.165, 1.54) is 41.4 Å². The molecule has 3 aromatic rings. The minimum atomic E-state index is -0.485. The van der Waals surface area contributed by atoms with Crippen LogP contribution in [0, 0.1) is 0 Å². The molecule has 1 aliphatic carbocycles. The van der Waals surface area contributed by atoms with Crippen LogP contribution in [0.25, 0.3) is 10.9 Å². The van der Waals surface area contributed by atoms with Gasteiger partial charge in [0.05, 0.1) is 6.10 Å². The lowest BCUT2D eigenvalue weighted by atomic mass is 9.96. The van der Waals surface area contributed by atoms with Gasteiger partial charge < -0.3 is 20.1 Å². The van der Waals surface area contributed by atoms with Crippen molar-refractivity contribution >= 4 is 16.6 Å². The van der Waals surface area contributed by atoms with Gasteiger partial charge in [0.25, 0.3) is 0 Å². The number of ether oxygens (including phenoxy) is 1. The molecule has 4 nitrogen and oxygen atoms in total. The van der Waals surface area contributed by atoms with Gasteiger partial charge in [0.15, 0.2) is 0 Å². The van der Waals surface area contributed by atoms with Crippen LogP contribution in [-0.2, 0) is 12.8 Å². The molecule has 4 heteroatoms. The molecule has 0 aliphatic heterocycles. The number of hydrogen-bond acceptors (Lipinski definition) is 3. The number of H-pyrrole nitrogens is 1. The number of aliphatic hydroxyl groups excluding tert-OH is 1. The Kier molecular flexibility index (Phi) is 4.85. The lowest BCUT2D eigenvalue weighted by molar-refractivity contribution is 0.200. The molecule has 1 aromatic heterocycles. The largest absolute Gasteiger partial charge is 0.492 e. The maximum atomic E-state index is 9.83. The van der Waals surface area contributed by atoms with E-state index in [1.54, 1.807) is 6.92 Å². The van der Waals surface area contributed by atoms with Gasteiger partial charge in [0.1, 0.15) is 12.4 Å². The van der Waals surface area contributed by atoms with Crippen molar-refractivity contribution < 1.29 is 9.84 Å². The Hall–Kier alpha value is -2.46. The summed E-state index contributed by atoms with van der Waals surface area (Å²) in [6.45, 7) is 3.03. The molecule has 1 heterocycles. The Morgan fingerprint density at radius 1 is 1.15 bits per heavy atom. The number of para-hydroxylation sites is 1. The van der Waals surface area contributed by atoms with Crippen LogP contribution in [0.15, 0.2) is 42.5 Å². The monoisotopic (exact) mass is 350 g/mol. The number of aliphatic hydroxyl groups is 1. The van der Waals surface area contributed by atoms with Gasteiger partial charge in [-0.2, -0.15) is 0 Å². The third-order valence-corrected chi connectivity index (χ3v) is 5.17. The molecular weight excluding hydrogens is 324 g/mol. The van der Waals surface area contributed by atoms with Crippen LogP contribution in [0.3, 0.4) is 0 Å². The second-order valence-corrected chi connectivity index (χ2v) is 7.04. The molecule has 1 aliphatic rings. The van der Waals surface area contributed by atoms with Crippen molar-refractivity contribution in [2.24, 2.45) is 0 Å². The summed E-state index contributed by atoms with van der Waals surface area (Å²) in [6, 6.07) is 14.2. The summed E-state index contributed by atoms with van der Waals surface area (Å²) in [7, 11) is 0. The van der Waals surface area contributed by atoms with Crippen molar-refractivity contribution in [1.29, 1.82) is 0 Å². The molecule has 1 unspecified atom stereocenters. The molecule has 2 aromatic carbocycles. The molecule has 0 saturated heterocycles. The number of fused-ring (bicyclic) bond motifs is 3. The summed E-state index contributed by atoms with van der Waals surface area (Å²) < 4.78 is 5.92. The summed E-state index contributed by atoms with van der Waals surface area (Å²) in [5, 5.41) is 14.5. The first kappa shape index (κ1) is 17.0. The lowest BCUT2D eigenvalue weighted by Gasteiger charge is -2.14. The number of hydrogen-bond donors (Lipinski definition) is 3. The fourth-order valence-corrected chi connectivity index (χ4v) is 3.86. The van der Waals surface area contributed by atoms with Crippen molar-refractivity contribution in [2.75, 3.05) is 18.5 Å². The second kappa shape index (κ2) is 7.42. The molecule has 136 valence electrons. The van der Waals surface area contributed by atoms with Gasteiger partial charge in [-0.15, -0.1) is 0 Å². The minimum Gasteiger partial charge on any atom is -0.492 e. The highest BCUT2D eigenvalue weighted by molar-refractivity contribution is 5.86. The number of aryl methyl sites for hydroxylation is 2. The number of benzene rings is 2. The van der Waals surface area contributed by atoms with E-state index < -0.39 is 6.10 Å². The first-order valence-electron chi connectivity index (χ1n) is 9.49. The van der Waals surface area contributed by atoms with Gasteiger partial charge in [-0.1, -0.05) is 18.2 Å². The molecule has 0 radical (unpaired) electrons. The number of aromatic nitrogens is 1. The van der Waals surface area contributed by atoms with Crippen LogP contribution >= 0.6 is 0 Å². The van der Waals surface area contributed by atoms with Gasteiger partial charge in [0.2, 0.25) is 0 Å². The Balaban J connectivity index is 1.38. The highest BCUT2D eigenvalue weighted by Gasteiger charge is 2.15. The fourth-order valence-electron chi connectivity index (χ4n) is 3.86. The summed E-state index contributed by atoms with van der Waals surface area (Å²) >= 11 is 0. The molecule has 0 saturated carbocycles. The molecule has 0 spiro atoms. The van der Waals surface area contributed by atoms with Gasteiger partial charge in [0, 0.05) is 40.5 Å². The zero-order valence-corrected chi connectivity index (χ0v) is 15.2. The topological polar surface area (TPSA) is 57.3 Å². The van der Waals surface area contributed by atoms with E-state index in [4.69, 9.17) is 4.74 Å². The first-order chi connectivity index (χ1) is 12.7. The van der Waals surface area contributed by atoms with E-state index in [0.717, 1.165) is 23.4 Å².